The number of pyridine rings is 8. The summed E-state index contributed by atoms with van der Waals surface area (Å²) in [6, 6.07) is 28.6. The van der Waals surface area contributed by atoms with E-state index in [0.29, 0.717) is 111 Å². The molecule has 4 aliphatic rings. The largest absolute Gasteiger partial charge is 0.396 e. The number of hydrogen-bond acceptors (Lipinski definition) is 20. The van der Waals surface area contributed by atoms with Gasteiger partial charge in [0.05, 0.1) is 46.4 Å². The summed E-state index contributed by atoms with van der Waals surface area (Å²) < 4.78 is 59.9. The molecule has 124 heavy (non-hydrogen) atoms. The summed E-state index contributed by atoms with van der Waals surface area (Å²) in [6.07, 6.45) is 25.8. The predicted octanol–water partition coefficient (Wildman–Crippen LogP) is 16.2. The van der Waals surface area contributed by atoms with Crippen LogP contribution in [0.3, 0.4) is 0 Å². The Labute approximate surface area is 706 Å². The molecule has 12 aromatic heterocycles. The summed E-state index contributed by atoms with van der Waals surface area (Å²) in [4.78, 5) is 84.8. The van der Waals surface area contributed by atoms with Gasteiger partial charge in [0, 0.05) is 212 Å². The first-order valence-corrected chi connectivity index (χ1v) is 40.2. The molecule has 0 unspecified atom stereocenters. The third kappa shape index (κ3) is 15.6. The molecule has 20 rings (SSSR count). The Bertz CT molecular complexity index is 6020. The van der Waals surface area contributed by atoms with E-state index in [-0.39, 0.29) is 117 Å². The lowest BCUT2D eigenvalue weighted by Crippen LogP contribution is -2.16. The van der Waals surface area contributed by atoms with Crippen LogP contribution in [-0.4, -0.2) is 104 Å². The van der Waals surface area contributed by atoms with E-state index < -0.39 is 23.3 Å². The van der Waals surface area contributed by atoms with Gasteiger partial charge in [-0.15, -0.1) is 0 Å². The molecule has 4 amide bonds. The highest BCUT2D eigenvalue weighted by molar-refractivity contribution is 6.05. The van der Waals surface area contributed by atoms with E-state index in [1.54, 1.807) is 123 Å². The number of aryl methyl sites for hydroxylation is 4. The van der Waals surface area contributed by atoms with Crippen molar-refractivity contribution in [3.05, 3.63) is 265 Å². The number of halogens is 4. The van der Waals surface area contributed by atoms with Crippen molar-refractivity contribution in [1.82, 2.24) is 80.7 Å². The number of nitrogens with two attached hydrogens (primary N) is 4. The van der Waals surface area contributed by atoms with Gasteiger partial charge in [-0.25, -0.2) is 37.5 Å². The fraction of sp³-hybridized carbons (Fsp3) is 0.217. The van der Waals surface area contributed by atoms with Gasteiger partial charge in [-0.3, -0.25) is 59.5 Å². The van der Waals surface area contributed by atoms with Crippen molar-refractivity contribution >= 4 is 113 Å². The van der Waals surface area contributed by atoms with E-state index in [0.717, 1.165) is 45.0 Å². The van der Waals surface area contributed by atoms with Gasteiger partial charge >= 0.3 is 0 Å². The van der Waals surface area contributed by atoms with E-state index >= 15 is 0 Å². The van der Waals surface area contributed by atoms with Crippen LogP contribution in [0.15, 0.2) is 196 Å². The van der Waals surface area contributed by atoms with E-state index in [1.807, 2.05) is 104 Å². The highest BCUT2D eigenvalue weighted by Gasteiger charge is 2.56. The first-order valence-electron chi connectivity index (χ1n) is 40.2. The molecule has 4 fully saturated rings. The number of fused-ring (bicyclic) bond motifs is 4. The molecule has 624 valence electrons. The number of nitrogens with one attached hydrogen (secondary N) is 8. The number of nitrogens with zero attached hydrogens (tertiary/aromatic N) is 12. The van der Waals surface area contributed by atoms with Crippen molar-refractivity contribution in [3.8, 4) is 44.5 Å². The topological polar surface area (TPSA) is 438 Å². The number of amides is 4. The smallest absolute Gasteiger partial charge is 0.229 e. The fourth-order valence-corrected chi connectivity index (χ4v) is 17.2. The van der Waals surface area contributed by atoms with Crippen molar-refractivity contribution in [2.24, 2.45) is 47.3 Å². The zero-order chi connectivity index (χ0) is 86.8. The second-order valence-corrected chi connectivity index (χ2v) is 32.2. The van der Waals surface area contributed by atoms with Crippen molar-refractivity contribution in [2.75, 3.05) is 44.2 Å². The first kappa shape index (κ1) is 81.1. The number of aromatic amines is 4. The van der Waals surface area contributed by atoms with Crippen molar-refractivity contribution < 1.29 is 36.7 Å². The monoisotopic (exact) mass is 1660 g/mol. The number of hydrogen-bond donors (Lipinski definition) is 12. The molecular formula is C92H84F4N24O4. The maximum absolute atomic E-state index is 15.0. The van der Waals surface area contributed by atoms with E-state index in [2.05, 4.69) is 102 Å². The Hall–Kier alpha value is -15.2. The Morgan fingerprint density at radius 3 is 0.694 bits per heavy atom. The summed E-state index contributed by atoms with van der Waals surface area (Å²) in [5, 5.41) is 44.0. The molecule has 0 spiro atoms. The normalized spacial score (nSPS) is 20.0. The zero-order valence-corrected chi connectivity index (χ0v) is 68.2. The second-order valence-electron chi connectivity index (χ2n) is 32.2. The molecule has 16 N–H and O–H groups in total. The lowest BCUT2D eigenvalue weighted by atomic mass is 9.98. The summed E-state index contributed by atoms with van der Waals surface area (Å²) in [6.45, 7) is 15.7. The van der Waals surface area contributed by atoms with Crippen molar-refractivity contribution in [1.29, 1.82) is 0 Å². The van der Waals surface area contributed by atoms with Crippen LogP contribution in [0.4, 0.5) is 63.6 Å². The summed E-state index contributed by atoms with van der Waals surface area (Å²) >= 11 is 0. The van der Waals surface area contributed by atoms with Gasteiger partial charge < -0.3 is 44.2 Å². The number of anilines is 8. The van der Waals surface area contributed by atoms with Gasteiger partial charge in [0.2, 0.25) is 23.6 Å². The number of aromatic nitrogens is 16. The van der Waals surface area contributed by atoms with Gasteiger partial charge in [0.15, 0.2) is 23.3 Å². The van der Waals surface area contributed by atoms with E-state index in [4.69, 9.17) is 22.9 Å². The van der Waals surface area contributed by atoms with Crippen LogP contribution in [0.1, 0.15) is 96.4 Å². The number of benzene rings is 4. The lowest BCUT2D eigenvalue weighted by molar-refractivity contribution is -0.118. The molecular weight excluding hydrogens is 1580 g/mol. The Kier molecular flexibility index (Phi) is 21.6. The molecule has 0 bridgehead atoms. The minimum atomic E-state index is -0.503. The molecule has 0 aliphatic heterocycles. The maximum atomic E-state index is 15.0. The van der Waals surface area contributed by atoms with Crippen LogP contribution in [0.5, 0.6) is 0 Å². The van der Waals surface area contributed by atoms with Gasteiger partial charge in [0.1, 0.15) is 23.3 Å². The molecule has 4 saturated carbocycles. The average molecular weight is 1670 g/mol. The quantitative estimate of drug-likeness (QED) is 0.0316. The molecule has 4 aromatic carbocycles. The van der Waals surface area contributed by atoms with Crippen LogP contribution >= 0.6 is 0 Å². The van der Waals surface area contributed by atoms with Gasteiger partial charge in [-0.05, 0) is 192 Å². The minimum Gasteiger partial charge on any atom is -0.396 e. The maximum Gasteiger partial charge on any atom is 0.229 e. The van der Waals surface area contributed by atoms with Gasteiger partial charge in [0.25, 0.3) is 0 Å². The number of H-pyrrole nitrogens is 4. The first-order chi connectivity index (χ1) is 59.8. The Morgan fingerprint density at radius 2 is 0.508 bits per heavy atom. The van der Waals surface area contributed by atoms with Crippen molar-refractivity contribution in [3.63, 3.8) is 0 Å². The molecule has 0 radical (unpaired) electrons. The number of rotatable bonds is 16. The standard InChI is InChI=1S/4C23H21FN6O/c4*1-11-3-5-26-9-15(11)14-7-13-8-18(27-10-16(13)22(25)21(14)24)29-23(31)20-12(2)19(20)17-4-6-28-30-17/h4*3-10,12,19-20H,25H2,1-2H3,(H,28,30)(H,27,29,31)/t2*12-,19+,20-;2*12-,19-,20+/m1010/s1. The third-order valence-electron chi connectivity index (χ3n) is 24.6. The van der Waals surface area contributed by atoms with Crippen LogP contribution in [0, 0.1) is 98.3 Å². The lowest BCUT2D eigenvalue weighted by Gasteiger charge is -2.12. The van der Waals surface area contributed by atoms with E-state index in [9.17, 15) is 36.7 Å². The molecule has 12 atom stereocenters. The number of nitrogen functional groups attached to an aromatic ring is 4. The fourth-order valence-electron chi connectivity index (χ4n) is 17.2. The van der Waals surface area contributed by atoms with Crippen LogP contribution in [0.25, 0.3) is 87.6 Å². The molecule has 4 aliphatic carbocycles. The Morgan fingerprint density at radius 1 is 0.298 bits per heavy atom. The van der Waals surface area contributed by atoms with Crippen LogP contribution in [0.2, 0.25) is 0 Å². The molecule has 12 heterocycles. The summed E-state index contributed by atoms with van der Waals surface area (Å²) in [5.41, 5.74) is 36.0. The van der Waals surface area contributed by atoms with Crippen molar-refractivity contribution in [2.45, 2.75) is 79.1 Å². The predicted molar refractivity (Wildman–Crippen MR) is 467 cm³/mol. The number of carbonyl (C=O) groups excluding carboxylic acids is 4. The van der Waals surface area contributed by atoms with Gasteiger partial charge in [-0.2, -0.15) is 20.4 Å². The minimum absolute atomic E-state index is 0.0243. The average Bonchev–Trinajstić information content (AvgIpc) is 1.60. The van der Waals surface area contributed by atoms with Gasteiger partial charge in [-0.1, -0.05) is 27.7 Å². The molecule has 16 aromatic rings. The highest BCUT2D eigenvalue weighted by atomic mass is 19.1. The second kappa shape index (κ2) is 33.1. The summed E-state index contributed by atoms with van der Waals surface area (Å²) in [5.74, 6) is -0.0664. The van der Waals surface area contributed by atoms with Crippen LogP contribution in [-0.2, 0) is 19.2 Å². The molecule has 32 heteroatoms. The van der Waals surface area contributed by atoms with E-state index in [1.165, 1.54) is 24.8 Å². The SMILES string of the molecule is Cc1ccncc1-c1cc2cc(NC(=O)[C@@H]3[C@@H](C)[C@H]3c3ccn[nH]3)ncc2c(N)c1F.Cc1ccncc1-c1cc2cc(NC(=O)[C@@H]3[C@H](C)[C@H]3c3ccn[nH]3)ncc2c(N)c1F.Cc1ccncc1-c1cc2cc(NC(=O)[C@H]3[C@@H](C)[C@@H]3c3ccn[nH]3)ncc2c(N)c1F.Cc1ccncc1-c1cc2cc(NC(=O)[C@H]3[C@H](C)[C@@H]3c3ccn[nH]3)ncc2c(N)c1F. The third-order valence-corrected chi connectivity index (χ3v) is 24.6. The molecule has 28 nitrogen and oxygen atoms in total. The highest BCUT2D eigenvalue weighted by Crippen LogP contribution is 2.57. The molecule has 0 saturated heterocycles. The Balaban J connectivity index is 0.000000117. The number of carbonyl (C=O) groups is 4. The summed E-state index contributed by atoms with van der Waals surface area (Å²) in [7, 11) is 0. The van der Waals surface area contributed by atoms with Crippen LogP contribution < -0.4 is 44.2 Å². The zero-order valence-electron chi connectivity index (χ0n) is 68.2.